The normalized spacial score (nSPS) is 14.8. The van der Waals surface area contributed by atoms with Gasteiger partial charge in [-0.2, -0.15) is 13.2 Å². The molecule has 4 rings (SSSR count). The highest BCUT2D eigenvalue weighted by Gasteiger charge is 2.32. The average molecular weight is 465 g/mol. The number of hydrogen-bond acceptors (Lipinski definition) is 4. The Balaban J connectivity index is 1.98. The number of rotatable bonds is 4. The second-order valence-electron chi connectivity index (χ2n) is 7.89. The molecule has 2 heterocycles. The zero-order valence-electron chi connectivity index (χ0n) is 18.4. The van der Waals surface area contributed by atoms with Crippen LogP contribution in [0.25, 0.3) is 23.4 Å². The van der Waals surface area contributed by atoms with Crippen LogP contribution in [-0.4, -0.2) is 27.6 Å². The van der Waals surface area contributed by atoms with Crippen LogP contribution in [0.3, 0.4) is 0 Å². The van der Waals surface area contributed by atoms with E-state index in [0.717, 1.165) is 11.6 Å². The minimum atomic E-state index is -4.43. The van der Waals surface area contributed by atoms with Crippen molar-refractivity contribution in [2.24, 2.45) is 0 Å². The van der Waals surface area contributed by atoms with Gasteiger partial charge >= 0.3 is 12.1 Å². The van der Waals surface area contributed by atoms with E-state index in [-0.39, 0.29) is 5.57 Å². The van der Waals surface area contributed by atoms with E-state index in [1.165, 1.54) is 18.2 Å². The lowest BCUT2D eigenvalue weighted by molar-refractivity contribution is -0.137. The molecule has 2 aromatic carbocycles. The summed E-state index contributed by atoms with van der Waals surface area (Å²) in [7, 11) is 0. The molecule has 0 amide bonds. The van der Waals surface area contributed by atoms with Crippen LogP contribution >= 0.6 is 0 Å². The second kappa shape index (κ2) is 9.13. The Morgan fingerprint density at radius 2 is 1.85 bits per heavy atom. The second-order valence-corrected chi connectivity index (χ2v) is 7.89. The van der Waals surface area contributed by atoms with Crippen LogP contribution in [0.4, 0.5) is 24.7 Å². The molecule has 1 N–H and O–H groups in total. The fraction of sp³-hybridized carbons (Fsp3) is 0.192. The van der Waals surface area contributed by atoms with Gasteiger partial charge in [-0.15, -0.1) is 0 Å². The van der Waals surface area contributed by atoms with Gasteiger partial charge < -0.3 is 10.0 Å². The Bertz CT molecular complexity index is 1380. The molecule has 0 atom stereocenters. The number of carbonyl (C=O) groups is 1. The predicted octanol–water partition coefficient (Wildman–Crippen LogP) is 4.47. The Hall–Kier alpha value is -3.94. The molecule has 0 spiro atoms. The van der Waals surface area contributed by atoms with Crippen LogP contribution < -0.4 is 15.6 Å². The van der Waals surface area contributed by atoms with E-state index in [0.29, 0.717) is 52.8 Å². The van der Waals surface area contributed by atoms with Crippen LogP contribution in [0.5, 0.6) is 0 Å². The lowest BCUT2D eigenvalue weighted by atomic mass is 9.98. The zero-order chi connectivity index (χ0) is 24.5. The molecule has 1 aromatic heterocycles. The van der Waals surface area contributed by atoms with Gasteiger partial charge in [-0.25, -0.2) is 14.8 Å². The molecule has 0 fully saturated rings. The van der Waals surface area contributed by atoms with Gasteiger partial charge in [-0.05, 0) is 49.6 Å². The first-order valence-electron chi connectivity index (χ1n) is 10.7. The van der Waals surface area contributed by atoms with E-state index in [9.17, 15) is 23.1 Å². The molecule has 0 saturated heterocycles. The third-order valence-corrected chi connectivity index (χ3v) is 5.62. The molecule has 0 unspecified atom stereocenters. The smallest absolute Gasteiger partial charge is 0.416 e. The van der Waals surface area contributed by atoms with Gasteiger partial charge in [-0.3, -0.25) is 0 Å². The minimum Gasteiger partial charge on any atom is -0.478 e. The van der Waals surface area contributed by atoms with Crippen molar-refractivity contribution in [2.75, 3.05) is 11.4 Å². The summed E-state index contributed by atoms with van der Waals surface area (Å²) in [5.74, 6) is -0.734. The number of fused-ring (bicyclic) bond motifs is 1. The highest BCUT2D eigenvalue weighted by molar-refractivity contribution is 5.95. The maximum atomic E-state index is 13.3. The van der Waals surface area contributed by atoms with Crippen molar-refractivity contribution in [3.8, 4) is 11.3 Å². The highest BCUT2D eigenvalue weighted by atomic mass is 19.4. The lowest BCUT2D eigenvalue weighted by Crippen LogP contribution is -2.36. The van der Waals surface area contributed by atoms with Gasteiger partial charge in [0.15, 0.2) is 5.82 Å². The molecular weight excluding hydrogens is 443 g/mol. The number of alkyl halides is 3. The first kappa shape index (κ1) is 23.2. The third kappa shape index (κ3) is 4.57. The standard InChI is InChI=1S/C26H22F3N3O2/c1-3-20-21(14-16(2)25(33)34)31-24(23(30-20)17-8-5-4-6-9-17)32-13-7-10-18-15-19(26(27,28)29)11-12-22(18)32/h3-6,8-9,11-12,14-15H,2,7,10,13H2,1H3,(H,33,34)/b20-3+,21-14+. The first-order chi connectivity index (χ1) is 16.2. The summed E-state index contributed by atoms with van der Waals surface area (Å²) in [6.45, 7) is 5.86. The van der Waals surface area contributed by atoms with Crippen molar-refractivity contribution < 1.29 is 23.1 Å². The molecule has 0 bridgehead atoms. The number of anilines is 2. The molecule has 1 aliphatic rings. The molecule has 1 aliphatic heterocycles. The van der Waals surface area contributed by atoms with Crippen molar-refractivity contribution in [2.45, 2.75) is 25.9 Å². The number of aryl methyl sites for hydroxylation is 1. The maximum Gasteiger partial charge on any atom is 0.416 e. The number of benzene rings is 2. The van der Waals surface area contributed by atoms with E-state index in [2.05, 4.69) is 6.58 Å². The molecule has 0 radical (unpaired) electrons. The van der Waals surface area contributed by atoms with Gasteiger partial charge in [0.25, 0.3) is 0 Å². The SMILES string of the molecule is C=C(/C=c1/nc(N2CCCc3cc(C(F)(F)F)ccc32)c(-c2ccccc2)n/c1=C/C)C(=O)O. The van der Waals surface area contributed by atoms with Gasteiger partial charge in [0.05, 0.1) is 21.8 Å². The quantitative estimate of drug-likeness (QED) is 0.576. The number of hydrogen-bond donors (Lipinski definition) is 1. The topological polar surface area (TPSA) is 66.3 Å². The minimum absolute atomic E-state index is 0.148. The number of halogens is 3. The lowest BCUT2D eigenvalue weighted by Gasteiger charge is -2.32. The fourth-order valence-electron chi connectivity index (χ4n) is 3.97. The fourth-order valence-corrected chi connectivity index (χ4v) is 3.97. The Labute approximate surface area is 194 Å². The zero-order valence-corrected chi connectivity index (χ0v) is 18.4. The van der Waals surface area contributed by atoms with Crippen LogP contribution in [-0.2, 0) is 17.4 Å². The molecular formula is C26H22F3N3O2. The van der Waals surface area contributed by atoms with Gasteiger partial charge in [-0.1, -0.05) is 43.0 Å². The molecule has 0 aliphatic carbocycles. The third-order valence-electron chi connectivity index (χ3n) is 5.62. The maximum absolute atomic E-state index is 13.3. The summed E-state index contributed by atoms with van der Waals surface area (Å²) in [5, 5.41) is 10.1. The molecule has 8 heteroatoms. The summed E-state index contributed by atoms with van der Waals surface area (Å²) in [5.41, 5.74) is 1.71. The van der Waals surface area contributed by atoms with Crippen molar-refractivity contribution in [1.82, 2.24) is 9.97 Å². The number of aliphatic carboxylic acids is 1. The summed E-state index contributed by atoms with van der Waals surface area (Å²) in [6.07, 6.45) is -0.207. The van der Waals surface area contributed by atoms with Gasteiger partial charge in [0, 0.05) is 17.8 Å². The van der Waals surface area contributed by atoms with Crippen LogP contribution in [0, 0.1) is 0 Å². The summed E-state index contributed by atoms with van der Waals surface area (Å²) in [4.78, 5) is 22.8. The Kier molecular flexibility index (Phi) is 6.24. The molecule has 3 aromatic rings. The Morgan fingerprint density at radius 3 is 2.50 bits per heavy atom. The van der Waals surface area contributed by atoms with Crippen molar-refractivity contribution >= 4 is 29.6 Å². The van der Waals surface area contributed by atoms with E-state index >= 15 is 0 Å². The summed E-state index contributed by atoms with van der Waals surface area (Å²) >= 11 is 0. The molecule has 5 nitrogen and oxygen atoms in total. The number of carboxylic acid groups (broad SMARTS) is 1. The van der Waals surface area contributed by atoms with E-state index < -0.39 is 17.7 Å². The highest BCUT2D eigenvalue weighted by Crippen LogP contribution is 2.39. The van der Waals surface area contributed by atoms with E-state index in [4.69, 9.17) is 9.97 Å². The first-order valence-corrected chi connectivity index (χ1v) is 10.7. The number of aromatic nitrogens is 2. The van der Waals surface area contributed by atoms with Crippen LogP contribution in [0.15, 0.2) is 60.7 Å². The van der Waals surface area contributed by atoms with E-state index in [1.54, 1.807) is 13.0 Å². The van der Waals surface area contributed by atoms with Gasteiger partial charge in [0.2, 0.25) is 0 Å². The predicted molar refractivity (Wildman–Crippen MR) is 125 cm³/mol. The molecule has 174 valence electrons. The molecule has 34 heavy (non-hydrogen) atoms. The summed E-state index contributed by atoms with van der Waals surface area (Å²) in [6, 6.07) is 13.1. The van der Waals surface area contributed by atoms with Crippen LogP contribution in [0.1, 0.15) is 24.5 Å². The largest absolute Gasteiger partial charge is 0.478 e. The number of nitrogens with zero attached hydrogens (tertiary/aromatic N) is 3. The van der Waals surface area contributed by atoms with Crippen molar-refractivity contribution in [3.63, 3.8) is 0 Å². The van der Waals surface area contributed by atoms with E-state index in [1.807, 2.05) is 35.2 Å². The van der Waals surface area contributed by atoms with Crippen molar-refractivity contribution in [3.05, 3.63) is 82.5 Å². The average Bonchev–Trinajstić information content (AvgIpc) is 2.83. The van der Waals surface area contributed by atoms with Crippen LogP contribution in [0.2, 0.25) is 0 Å². The van der Waals surface area contributed by atoms with Gasteiger partial charge in [0.1, 0.15) is 5.69 Å². The number of carboxylic acids is 1. The van der Waals surface area contributed by atoms with Crippen molar-refractivity contribution in [1.29, 1.82) is 0 Å². The molecule has 0 saturated carbocycles. The Morgan fingerprint density at radius 1 is 1.12 bits per heavy atom. The summed E-state index contributed by atoms with van der Waals surface area (Å²) < 4.78 is 39.9. The monoisotopic (exact) mass is 465 g/mol.